The van der Waals surface area contributed by atoms with Crippen LogP contribution in [-0.2, 0) is 22.1 Å². The van der Waals surface area contributed by atoms with Gasteiger partial charge in [-0.1, -0.05) is 0 Å². The van der Waals surface area contributed by atoms with Crippen LogP contribution in [0.25, 0.3) is 0 Å². The molecule has 0 aliphatic carbocycles. The first-order chi connectivity index (χ1) is 8.66. The zero-order chi connectivity index (χ0) is 14.8. The van der Waals surface area contributed by atoms with Crippen molar-refractivity contribution in [1.29, 1.82) is 0 Å². The van der Waals surface area contributed by atoms with Gasteiger partial charge in [0.15, 0.2) is 0 Å². The van der Waals surface area contributed by atoms with Gasteiger partial charge in [0.25, 0.3) is 6.43 Å². The van der Waals surface area contributed by atoms with Gasteiger partial charge in [0, 0.05) is 0 Å². The van der Waals surface area contributed by atoms with Crippen molar-refractivity contribution in [3.8, 4) is 0 Å². The highest BCUT2D eigenvalue weighted by atomic mass is 19.4. The number of esters is 1. The molecule has 1 aromatic rings. The van der Waals surface area contributed by atoms with E-state index in [1.165, 1.54) is 0 Å². The van der Waals surface area contributed by atoms with E-state index in [4.69, 9.17) is 0 Å². The van der Waals surface area contributed by atoms with Gasteiger partial charge in [-0.15, -0.1) is 0 Å². The molecule has 0 aromatic carbocycles. The van der Waals surface area contributed by atoms with Crippen LogP contribution in [0.5, 0.6) is 0 Å². The lowest BCUT2D eigenvalue weighted by Crippen LogP contribution is -2.15. The van der Waals surface area contributed by atoms with Crippen LogP contribution in [0.15, 0.2) is 6.07 Å². The summed E-state index contributed by atoms with van der Waals surface area (Å²) in [6, 6.07) is 0.210. The average molecular weight is 287 g/mol. The van der Waals surface area contributed by atoms with Crippen LogP contribution in [0.3, 0.4) is 0 Å². The van der Waals surface area contributed by atoms with E-state index in [0.29, 0.717) is 0 Å². The number of alkyl halides is 5. The van der Waals surface area contributed by atoms with Crippen LogP contribution in [0, 0.1) is 5.95 Å². The number of pyridine rings is 1. The fourth-order valence-corrected chi connectivity index (χ4v) is 1.32. The molecule has 1 rings (SSSR count). The molecule has 0 radical (unpaired) electrons. The Morgan fingerprint density at radius 1 is 1.42 bits per heavy atom. The lowest BCUT2D eigenvalue weighted by molar-refractivity contribution is -0.142. The average Bonchev–Trinajstić information content (AvgIpc) is 2.26. The topological polar surface area (TPSA) is 39.2 Å². The van der Waals surface area contributed by atoms with Crippen molar-refractivity contribution >= 4 is 5.97 Å². The number of halogens is 6. The predicted octanol–water partition coefficient (Wildman–Crippen LogP) is 2.89. The number of methoxy groups -OCH3 is 1. The number of hydrogen-bond acceptors (Lipinski definition) is 3. The van der Waals surface area contributed by atoms with Gasteiger partial charge in [-0.25, -0.2) is 13.8 Å². The van der Waals surface area contributed by atoms with Gasteiger partial charge >= 0.3 is 12.1 Å². The minimum atomic E-state index is -5.01. The second kappa shape index (κ2) is 5.45. The van der Waals surface area contributed by atoms with Crippen molar-refractivity contribution in [2.45, 2.75) is 19.0 Å². The maximum atomic E-state index is 13.2. The maximum Gasteiger partial charge on any atom is 0.433 e. The number of carbonyl (C=O) groups excluding carboxylic acids is 1. The molecule has 0 saturated heterocycles. The predicted molar refractivity (Wildman–Crippen MR) is 49.9 cm³/mol. The first-order valence-electron chi connectivity index (χ1n) is 4.78. The number of nitrogens with zero attached hydrogens (tertiary/aromatic N) is 1. The van der Waals surface area contributed by atoms with Crippen LogP contribution >= 0.6 is 0 Å². The summed E-state index contributed by atoms with van der Waals surface area (Å²) in [5, 5.41) is 0. The van der Waals surface area contributed by atoms with Crippen LogP contribution in [0.4, 0.5) is 26.3 Å². The summed E-state index contributed by atoms with van der Waals surface area (Å²) in [5.74, 6) is -3.02. The standard InChI is InChI=1S/C10H7F6NO2/c1-19-6(18)3-4-2-5(10(14,15)16)17-9(13)7(4)8(11)12/h2,8H,3H2,1H3. The fraction of sp³-hybridized carbons (Fsp3) is 0.400. The van der Waals surface area contributed by atoms with Crippen molar-refractivity contribution < 1.29 is 35.9 Å². The molecule has 0 fully saturated rings. The molecular weight excluding hydrogens is 280 g/mol. The van der Waals surface area contributed by atoms with E-state index >= 15 is 0 Å². The zero-order valence-electron chi connectivity index (χ0n) is 9.39. The zero-order valence-corrected chi connectivity index (χ0v) is 9.39. The molecule has 0 bridgehead atoms. The second-order valence-corrected chi connectivity index (χ2v) is 3.42. The van der Waals surface area contributed by atoms with E-state index in [1.54, 1.807) is 0 Å². The van der Waals surface area contributed by atoms with Gasteiger partial charge in [0.05, 0.1) is 19.1 Å². The molecule has 3 nitrogen and oxygen atoms in total. The number of ether oxygens (including phenoxy) is 1. The summed E-state index contributed by atoms with van der Waals surface area (Å²) in [5.41, 5.74) is -3.83. The molecule has 1 aromatic heterocycles. The monoisotopic (exact) mass is 287 g/mol. The van der Waals surface area contributed by atoms with Crippen LogP contribution in [-0.4, -0.2) is 18.1 Å². The molecule has 0 aliphatic heterocycles. The fourth-order valence-electron chi connectivity index (χ4n) is 1.32. The molecule has 0 aliphatic rings. The lowest BCUT2D eigenvalue weighted by atomic mass is 10.1. The minimum absolute atomic E-state index is 0.210. The second-order valence-electron chi connectivity index (χ2n) is 3.42. The van der Waals surface area contributed by atoms with Crippen molar-refractivity contribution in [3.05, 3.63) is 28.8 Å². The van der Waals surface area contributed by atoms with E-state index in [2.05, 4.69) is 9.72 Å². The number of carbonyl (C=O) groups is 1. The summed E-state index contributed by atoms with van der Waals surface area (Å²) in [6.45, 7) is 0. The van der Waals surface area contributed by atoms with Crippen molar-refractivity contribution in [2.75, 3.05) is 7.11 Å². The van der Waals surface area contributed by atoms with Crippen molar-refractivity contribution in [3.63, 3.8) is 0 Å². The first-order valence-corrected chi connectivity index (χ1v) is 4.78. The molecule has 9 heteroatoms. The molecule has 1 heterocycles. The van der Waals surface area contributed by atoms with Gasteiger partial charge in [0.1, 0.15) is 5.69 Å². The van der Waals surface area contributed by atoms with Crippen LogP contribution < -0.4 is 0 Å². The SMILES string of the molecule is COC(=O)Cc1cc(C(F)(F)F)nc(F)c1C(F)F. The highest BCUT2D eigenvalue weighted by Gasteiger charge is 2.35. The molecule has 0 spiro atoms. The molecule has 0 unspecified atom stereocenters. The highest BCUT2D eigenvalue weighted by Crippen LogP contribution is 2.33. The summed E-state index contributed by atoms with van der Waals surface area (Å²) < 4.78 is 79.6. The van der Waals surface area contributed by atoms with Crippen molar-refractivity contribution in [1.82, 2.24) is 4.98 Å². The van der Waals surface area contributed by atoms with Gasteiger partial charge in [-0.2, -0.15) is 17.6 Å². The molecule has 106 valence electrons. The third kappa shape index (κ3) is 3.58. The van der Waals surface area contributed by atoms with E-state index in [-0.39, 0.29) is 6.07 Å². The first kappa shape index (κ1) is 15.3. The quantitative estimate of drug-likeness (QED) is 0.487. The number of aromatic nitrogens is 1. The van der Waals surface area contributed by atoms with Gasteiger partial charge in [0.2, 0.25) is 5.95 Å². The molecule has 0 amide bonds. The Labute approximate surface area is 103 Å². The largest absolute Gasteiger partial charge is 0.469 e. The van der Waals surface area contributed by atoms with E-state index in [9.17, 15) is 31.1 Å². The van der Waals surface area contributed by atoms with Gasteiger partial charge < -0.3 is 4.74 Å². The molecule has 0 saturated carbocycles. The third-order valence-electron chi connectivity index (χ3n) is 2.17. The van der Waals surface area contributed by atoms with E-state index in [1.807, 2.05) is 0 Å². The Bertz CT molecular complexity index is 486. The smallest absolute Gasteiger partial charge is 0.433 e. The maximum absolute atomic E-state index is 13.2. The van der Waals surface area contributed by atoms with Crippen molar-refractivity contribution in [2.24, 2.45) is 0 Å². The minimum Gasteiger partial charge on any atom is -0.469 e. The summed E-state index contributed by atoms with van der Waals surface area (Å²) >= 11 is 0. The van der Waals surface area contributed by atoms with Crippen LogP contribution in [0.1, 0.15) is 23.2 Å². The van der Waals surface area contributed by atoms with Gasteiger partial charge in [-0.3, -0.25) is 4.79 Å². The highest BCUT2D eigenvalue weighted by molar-refractivity contribution is 5.73. The Morgan fingerprint density at radius 3 is 2.42 bits per heavy atom. The van der Waals surface area contributed by atoms with E-state index < -0.39 is 47.8 Å². The lowest BCUT2D eigenvalue weighted by Gasteiger charge is -2.12. The summed E-state index contributed by atoms with van der Waals surface area (Å²) in [6.07, 6.45) is -9.31. The van der Waals surface area contributed by atoms with E-state index in [0.717, 1.165) is 7.11 Å². The Hall–Kier alpha value is -1.80. The Balaban J connectivity index is 3.37. The molecular formula is C10H7F6NO2. The summed E-state index contributed by atoms with van der Waals surface area (Å²) in [7, 11) is 0.923. The third-order valence-corrected chi connectivity index (χ3v) is 2.17. The van der Waals surface area contributed by atoms with Crippen LogP contribution in [0.2, 0.25) is 0 Å². The number of rotatable bonds is 3. The van der Waals surface area contributed by atoms with Gasteiger partial charge in [-0.05, 0) is 11.6 Å². The molecule has 0 N–H and O–H groups in total. The normalized spacial score (nSPS) is 11.8. The molecule has 0 atom stereocenters. The number of hydrogen-bond donors (Lipinski definition) is 0. The summed E-state index contributed by atoms with van der Waals surface area (Å²) in [4.78, 5) is 13.4. The molecule has 19 heavy (non-hydrogen) atoms. The Morgan fingerprint density at radius 2 is 2.00 bits per heavy atom. The Kier molecular flexibility index (Phi) is 4.38.